The van der Waals surface area contributed by atoms with Gasteiger partial charge in [0, 0.05) is 31.3 Å². The first kappa shape index (κ1) is 12.5. The van der Waals surface area contributed by atoms with E-state index in [9.17, 15) is 0 Å². The molecule has 1 unspecified atom stereocenters. The number of aromatic nitrogens is 4. The average Bonchev–Trinajstić information content (AvgIpc) is 2.81. The van der Waals surface area contributed by atoms with Gasteiger partial charge in [-0.15, -0.1) is 0 Å². The number of methoxy groups -OCH3 is 1. The summed E-state index contributed by atoms with van der Waals surface area (Å²) >= 11 is 0. The molecule has 96 valence electrons. The Hall–Kier alpha value is -1.95. The van der Waals surface area contributed by atoms with E-state index in [1.807, 2.05) is 20.2 Å². The van der Waals surface area contributed by atoms with E-state index < -0.39 is 0 Å². The summed E-state index contributed by atoms with van der Waals surface area (Å²) in [7, 11) is 5.45. The number of pyridine rings is 1. The summed E-state index contributed by atoms with van der Waals surface area (Å²) in [4.78, 5) is 8.30. The van der Waals surface area contributed by atoms with Crippen molar-refractivity contribution in [2.24, 2.45) is 7.05 Å². The molecule has 1 N–H and O–H groups in total. The predicted octanol–water partition coefficient (Wildman–Crippen LogP) is 0.722. The van der Waals surface area contributed by atoms with Gasteiger partial charge in [0.15, 0.2) is 0 Å². The molecule has 0 aliphatic rings. The lowest BCUT2D eigenvalue weighted by atomic mass is 10.0. The molecule has 1 atom stereocenters. The lowest BCUT2D eigenvalue weighted by Gasteiger charge is -2.18. The molecule has 6 heteroatoms. The molecular formula is C12H17N5O. The van der Waals surface area contributed by atoms with Crippen LogP contribution in [0.3, 0.4) is 0 Å². The second-order valence-electron chi connectivity index (χ2n) is 3.96. The van der Waals surface area contributed by atoms with Crippen LogP contribution >= 0.6 is 0 Å². The molecule has 18 heavy (non-hydrogen) atoms. The van der Waals surface area contributed by atoms with Gasteiger partial charge >= 0.3 is 0 Å². The van der Waals surface area contributed by atoms with Gasteiger partial charge in [0.05, 0.1) is 13.3 Å². The number of nitrogens with zero attached hydrogens (tertiary/aromatic N) is 4. The van der Waals surface area contributed by atoms with Crippen LogP contribution in [0, 0.1) is 0 Å². The summed E-state index contributed by atoms with van der Waals surface area (Å²) < 4.78 is 7.11. The zero-order valence-corrected chi connectivity index (χ0v) is 10.8. The Morgan fingerprint density at radius 2 is 2.33 bits per heavy atom. The molecule has 0 bridgehead atoms. The third kappa shape index (κ3) is 2.48. The molecule has 0 saturated heterocycles. The van der Waals surface area contributed by atoms with Crippen molar-refractivity contribution >= 4 is 0 Å². The Balaban J connectivity index is 2.25. The molecule has 6 nitrogen and oxygen atoms in total. The van der Waals surface area contributed by atoms with E-state index in [4.69, 9.17) is 4.74 Å². The van der Waals surface area contributed by atoms with E-state index in [-0.39, 0.29) is 6.04 Å². The molecule has 0 fully saturated rings. The minimum atomic E-state index is 0.117. The fourth-order valence-corrected chi connectivity index (χ4v) is 1.90. The van der Waals surface area contributed by atoms with Crippen molar-refractivity contribution in [3.8, 4) is 5.75 Å². The van der Waals surface area contributed by atoms with E-state index in [1.54, 1.807) is 30.5 Å². The number of nitrogens with one attached hydrogen (secondary N) is 1. The van der Waals surface area contributed by atoms with Crippen molar-refractivity contribution in [3.05, 3.63) is 36.2 Å². The van der Waals surface area contributed by atoms with Crippen LogP contribution in [0.25, 0.3) is 0 Å². The summed E-state index contributed by atoms with van der Waals surface area (Å²) in [6.07, 6.45) is 5.79. The van der Waals surface area contributed by atoms with Crippen molar-refractivity contribution in [1.82, 2.24) is 25.1 Å². The number of likely N-dealkylation sites (N-methyl/N-ethyl adjacent to an activating group) is 1. The normalized spacial score (nSPS) is 12.4. The number of hydrogen-bond donors (Lipinski definition) is 1. The third-order valence-electron chi connectivity index (χ3n) is 2.95. The smallest absolute Gasteiger partial charge is 0.141 e. The standard InChI is InChI=1S/C12H17N5O/c1-13-10(6-12-15-8-16-17(12)2)9-4-5-14-7-11(9)18-3/h4-5,7-8,10,13H,6H2,1-3H3. The van der Waals surface area contributed by atoms with E-state index in [2.05, 4.69) is 20.4 Å². The fraction of sp³-hybridized carbons (Fsp3) is 0.417. The first-order valence-electron chi connectivity index (χ1n) is 5.74. The topological polar surface area (TPSA) is 64.9 Å². The summed E-state index contributed by atoms with van der Waals surface area (Å²) in [5.41, 5.74) is 1.07. The van der Waals surface area contributed by atoms with Crippen LogP contribution in [0.2, 0.25) is 0 Å². The molecule has 0 aliphatic heterocycles. The summed E-state index contributed by atoms with van der Waals surface area (Å²) in [6, 6.07) is 2.07. The van der Waals surface area contributed by atoms with Gasteiger partial charge in [-0.1, -0.05) is 0 Å². The Labute approximate surface area is 106 Å². The van der Waals surface area contributed by atoms with Gasteiger partial charge in [0.1, 0.15) is 17.9 Å². The first-order chi connectivity index (χ1) is 8.76. The SMILES string of the molecule is CNC(Cc1ncnn1C)c1ccncc1OC. The van der Waals surface area contributed by atoms with E-state index in [0.717, 1.165) is 23.6 Å². The molecule has 0 aromatic carbocycles. The Morgan fingerprint density at radius 1 is 1.50 bits per heavy atom. The van der Waals surface area contributed by atoms with Crippen molar-refractivity contribution in [2.75, 3.05) is 14.2 Å². The zero-order chi connectivity index (χ0) is 13.0. The largest absolute Gasteiger partial charge is 0.495 e. The third-order valence-corrected chi connectivity index (χ3v) is 2.95. The van der Waals surface area contributed by atoms with Gasteiger partial charge in [-0.05, 0) is 13.1 Å². The van der Waals surface area contributed by atoms with Crippen molar-refractivity contribution in [1.29, 1.82) is 0 Å². The maximum atomic E-state index is 5.33. The van der Waals surface area contributed by atoms with E-state index in [0.29, 0.717) is 0 Å². The molecule has 2 aromatic rings. The molecular weight excluding hydrogens is 230 g/mol. The Bertz CT molecular complexity index is 511. The van der Waals surface area contributed by atoms with Gasteiger partial charge in [-0.3, -0.25) is 9.67 Å². The van der Waals surface area contributed by atoms with Crippen LogP contribution in [0.1, 0.15) is 17.4 Å². The van der Waals surface area contributed by atoms with Crippen LogP contribution in [-0.2, 0) is 13.5 Å². The van der Waals surface area contributed by atoms with Crippen LogP contribution in [0.4, 0.5) is 0 Å². The number of aryl methyl sites for hydroxylation is 1. The highest BCUT2D eigenvalue weighted by Crippen LogP contribution is 2.25. The zero-order valence-electron chi connectivity index (χ0n) is 10.8. The first-order valence-corrected chi connectivity index (χ1v) is 5.74. The highest BCUT2D eigenvalue weighted by atomic mass is 16.5. The molecule has 2 heterocycles. The van der Waals surface area contributed by atoms with E-state index >= 15 is 0 Å². The molecule has 0 spiro atoms. The van der Waals surface area contributed by atoms with Crippen LogP contribution in [-0.4, -0.2) is 33.9 Å². The molecule has 2 aromatic heterocycles. The second-order valence-corrected chi connectivity index (χ2v) is 3.96. The summed E-state index contributed by atoms with van der Waals surface area (Å²) in [6.45, 7) is 0. The molecule has 0 aliphatic carbocycles. The highest BCUT2D eigenvalue weighted by Gasteiger charge is 2.17. The Morgan fingerprint density at radius 3 is 2.94 bits per heavy atom. The number of hydrogen-bond acceptors (Lipinski definition) is 5. The van der Waals surface area contributed by atoms with Crippen molar-refractivity contribution in [2.45, 2.75) is 12.5 Å². The van der Waals surface area contributed by atoms with Crippen LogP contribution < -0.4 is 10.1 Å². The van der Waals surface area contributed by atoms with Gasteiger partial charge in [0.2, 0.25) is 0 Å². The predicted molar refractivity (Wildman–Crippen MR) is 67.3 cm³/mol. The van der Waals surface area contributed by atoms with Gasteiger partial charge in [-0.25, -0.2) is 4.98 Å². The van der Waals surface area contributed by atoms with E-state index in [1.165, 1.54) is 0 Å². The minimum Gasteiger partial charge on any atom is -0.495 e. The minimum absolute atomic E-state index is 0.117. The fourth-order valence-electron chi connectivity index (χ4n) is 1.90. The molecule has 0 amide bonds. The Kier molecular flexibility index (Phi) is 3.88. The van der Waals surface area contributed by atoms with Crippen LogP contribution in [0.15, 0.2) is 24.8 Å². The van der Waals surface area contributed by atoms with Crippen molar-refractivity contribution < 1.29 is 4.74 Å². The van der Waals surface area contributed by atoms with Gasteiger partial charge in [-0.2, -0.15) is 5.10 Å². The molecule has 0 radical (unpaired) electrons. The van der Waals surface area contributed by atoms with Gasteiger partial charge < -0.3 is 10.1 Å². The number of ether oxygens (including phenoxy) is 1. The number of rotatable bonds is 5. The highest BCUT2D eigenvalue weighted by molar-refractivity contribution is 5.33. The maximum absolute atomic E-state index is 5.33. The van der Waals surface area contributed by atoms with Crippen molar-refractivity contribution in [3.63, 3.8) is 0 Å². The summed E-state index contributed by atoms with van der Waals surface area (Å²) in [5.74, 6) is 1.70. The second kappa shape index (κ2) is 5.59. The van der Waals surface area contributed by atoms with Crippen LogP contribution in [0.5, 0.6) is 5.75 Å². The lowest BCUT2D eigenvalue weighted by molar-refractivity contribution is 0.398. The summed E-state index contributed by atoms with van der Waals surface area (Å²) in [5, 5.41) is 7.34. The molecule has 0 saturated carbocycles. The molecule has 2 rings (SSSR count). The monoisotopic (exact) mass is 247 g/mol. The lowest BCUT2D eigenvalue weighted by Crippen LogP contribution is -2.21. The maximum Gasteiger partial charge on any atom is 0.141 e. The quantitative estimate of drug-likeness (QED) is 0.843. The average molecular weight is 247 g/mol. The van der Waals surface area contributed by atoms with Gasteiger partial charge in [0.25, 0.3) is 0 Å².